The molecule has 0 saturated heterocycles. The lowest BCUT2D eigenvalue weighted by Gasteiger charge is -2.22. The number of hydrogen-bond acceptors (Lipinski definition) is 5. The standard InChI is InChI=1S/C49H93NO5/c1-3-5-7-9-11-13-15-17-19-21-25-29-33-37-41-47(52)46(45-51)50-48(53)42-38-34-30-26-22-20-24-28-32-36-40-44-55-49(54)43-39-35-31-27-23-18-16-14-12-10-8-6-4-2/h14,16,24,28,46-47,51-52H,3-13,15,17-23,25-27,29-45H2,1-2H3,(H,50,53)/b16-14-,28-24-. The average molecular weight is 776 g/mol. The molecule has 0 aliphatic heterocycles. The van der Waals surface area contributed by atoms with Crippen LogP contribution in [0.3, 0.4) is 0 Å². The van der Waals surface area contributed by atoms with Gasteiger partial charge >= 0.3 is 5.97 Å². The minimum absolute atomic E-state index is 0.0408. The van der Waals surface area contributed by atoms with Gasteiger partial charge in [0.1, 0.15) is 0 Å². The molecule has 0 rings (SSSR count). The highest BCUT2D eigenvalue weighted by atomic mass is 16.5. The van der Waals surface area contributed by atoms with Crippen LogP contribution in [0, 0.1) is 0 Å². The third kappa shape index (κ3) is 41.8. The highest BCUT2D eigenvalue weighted by Gasteiger charge is 2.20. The first-order valence-electron chi connectivity index (χ1n) is 24.1. The summed E-state index contributed by atoms with van der Waals surface area (Å²) in [6.45, 7) is 4.85. The second-order valence-electron chi connectivity index (χ2n) is 16.4. The molecule has 0 aromatic rings. The molecule has 0 spiro atoms. The van der Waals surface area contributed by atoms with Gasteiger partial charge in [-0.15, -0.1) is 0 Å². The van der Waals surface area contributed by atoms with Gasteiger partial charge in [-0.2, -0.15) is 0 Å². The van der Waals surface area contributed by atoms with Crippen molar-refractivity contribution in [1.29, 1.82) is 0 Å². The first-order chi connectivity index (χ1) is 27.0. The number of allylic oxidation sites excluding steroid dienone is 4. The lowest BCUT2D eigenvalue weighted by molar-refractivity contribution is -0.143. The van der Waals surface area contributed by atoms with E-state index in [-0.39, 0.29) is 18.5 Å². The Balaban J connectivity index is 3.54. The summed E-state index contributed by atoms with van der Waals surface area (Å²) >= 11 is 0. The molecule has 0 radical (unpaired) electrons. The fraction of sp³-hybridized carbons (Fsp3) is 0.878. The number of aliphatic hydroxyl groups excluding tert-OH is 2. The molecule has 6 nitrogen and oxygen atoms in total. The van der Waals surface area contributed by atoms with E-state index in [1.54, 1.807) is 0 Å². The number of carbonyl (C=O) groups is 2. The Labute approximate surface area is 341 Å². The molecule has 0 bridgehead atoms. The van der Waals surface area contributed by atoms with Gasteiger partial charge in [-0.3, -0.25) is 9.59 Å². The Kier molecular flexibility index (Phi) is 43.7. The van der Waals surface area contributed by atoms with Crippen LogP contribution in [0.4, 0.5) is 0 Å². The highest BCUT2D eigenvalue weighted by Crippen LogP contribution is 2.15. The van der Waals surface area contributed by atoms with Crippen molar-refractivity contribution in [2.45, 2.75) is 264 Å². The predicted molar refractivity (Wildman–Crippen MR) is 236 cm³/mol. The molecule has 0 aromatic heterocycles. The van der Waals surface area contributed by atoms with Gasteiger partial charge in [0.25, 0.3) is 0 Å². The summed E-state index contributed by atoms with van der Waals surface area (Å²) in [7, 11) is 0. The van der Waals surface area contributed by atoms with Crippen molar-refractivity contribution in [1.82, 2.24) is 5.32 Å². The molecule has 0 aliphatic rings. The lowest BCUT2D eigenvalue weighted by Crippen LogP contribution is -2.45. The van der Waals surface area contributed by atoms with Crippen LogP contribution in [0.5, 0.6) is 0 Å². The van der Waals surface area contributed by atoms with E-state index in [1.165, 1.54) is 135 Å². The molecule has 324 valence electrons. The smallest absolute Gasteiger partial charge is 0.305 e. The summed E-state index contributed by atoms with van der Waals surface area (Å²) < 4.78 is 5.42. The summed E-state index contributed by atoms with van der Waals surface area (Å²) in [4.78, 5) is 24.4. The molecule has 2 unspecified atom stereocenters. The predicted octanol–water partition coefficient (Wildman–Crippen LogP) is 14.0. The number of unbranched alkanes of at least 4 members (excludes halogenated alkanes) is 29. The molecule has 1 amide bonds. The Bertz CT molecular complexity index is 858. The average Bonchev–Trinajstić information content (AvgIpc) is 3.18. The van der Waals surface area contributed by atoms with Crippen LogP contribution in [0.2, 0.25) is 0 Å². The van der Waals surface area contributed by atoms with Crippen LogP contribution >= 0.6 is 0 Å². The van der Waals surface area contributed by atoms with E-state index in [1.807, 2.05) is 0 Å². The largest absolute Gasteiger partial charge is 0.466 e. The summed E-state index contributed by atoms with van der Waals surface area (Å²) in [5, 5.41) is 23.2. The normalized spacial score (nSPS) is 12.9. The minimum atomic E-state index is -0.681. The number of esters is 1. The minimum Gasteiger partial charge on any atom is -0.466 e. The van der Waals surface area contributed by atoms with Crippen LogP contribution in [-0.2, 0) is 14.3 Å². The van der Waals surface area contributed by atoms with Crippen molar-refractivity contribution in [3.05, 3.63) is 24.3 Å². The Hall–Kier alpha value is -1.66. The first kappa shape index (κ1) is 53.3. The molecule has 3 N–H and O–H groups in total. The summed E-state index contributed by atoms with van der Waals surface area (Å²) in [5.74, 6) is -0.106. The zero-order chi connectivity index (χ0) is 40.1. The van der Waals surface area contributed by atoms with Gasteiger partial charge in [0.2, 0.25) is 5.91 Å². The van der Waals surface area contributed by atoms with Crippen LogP contribution < -0.4 is 5.32 Å². The van der Waals surface area contributed by atoms with E-state index in [4.69, 9.17) is 4.74 Å². The lowest BCUT2D eigenvalue weighted by atomic mass is 10.0. The number of ether oxygens (including phenoxy) is 1. The molecule has 6 heteroatoms. The maximum absolute atomic E-state index is 12.4. The van der Waals surface area contributed by atoms with Crippen LogP contribution in [-0.4, -0.2) is 47.4 Å². The van der Waals surface area contributed by atoms with Crippen molar-refractivity contribution in [3.8, 4) is 0 Å². The van der Waals surface area contributed by atoms with Gasteiger partial charge in [-0.1, -0.05) is 186 Å². The van der Waals surface area contributed by atoms with Crippen LogP contribution in [0.25, 0.3) is 0 Å². The van der Waals surface area contributed by atoms with E-state index >= 15 is 0 Å². The molecule has 0 aromatic carbocycles. The third-order valence-corrected chi connectivity index (χ3v) is 11.0. The second-order valence-corrected chi connectivity index (χ2v) is 16.4. The number of hydrogen-bond donors (Lipinski definition) is 3. The van der Waals surface area contributed by atoms with Crippen LogP contribution in [0.15, 0.2) is 24.3 Å². The Morgan fingerprint density at radius 2 is 0.855 bits per heavy atom. The first-order valence-corrected chi connectivity index (χ1v) is 24.1. The number of nitrogens with one attached hydrogen (secondary N) is 1. The zero-order valence-corrected chi connectivity index (χ0v) is 36.7. The van der Waals surface area contributed by atoms with Crippen molar-refractivity contribution in [3.63, 3.8) is 0 Å². The number of aliphatic hydroxyl groups is 2. The molecule has 0 saturated carbocycles. The number of amides is 1. The SMILES string of the molecule is CCCCCC/C=C\CCCCCCCC(=O)OCCCC/C=C\CCCCCCCC(=O)NC(CO)C(O)CCCCCCCCCCCCCCCC. The fourth-order valence-electron chi connectivity index (χ4n) is 7.21. The van der Waals surface area contributed by atoms with Gasteiger partial charge in [-0.05, 0) is 77.0 Å². The van der Waals surface area contributed by atoms with Crippen molar-refractivity contribution < 1.29 is 24.5 Å². The summed E-state index contributed by atoms with van der Waals surface area (Å²) in [6, 6.07) is -0.562. The summed E-state index contributed by atoms with van der Waals surface area (Å²) in [6.07, 6.45) is 51.4. The molecule has 55 heavy (non-hydrogen) atoms. The zero-order valence-electron chi connectivity index (χ0n) is 36.7. The quantitative estimate of drug-likeness (QED) is 0.0325. The molecule has 0 heterocycles. The maximum Gasteiger partial charge on any atom is 0.305 e. The van der Waals surface area contributed by atoms with E-state index in [2.05, 4.69) is 43.5 Å². The van der Waals surface area contributed by atoms with Crippen molar-refractivity contribution in [2.75, 3.05) is 13.2 Å². The molecule has 0 aliphatic carbocycles. The Morgan fingerprint density at radius 3 is 1.31 bits per heavy atom. The third-order valence-electron chi connectivity index (χ3n) is 11.0. The second kappa shape index (κ2) is 45.0. The fourth-order valence-corrected chi connectivity index (χ4v) is 7.21. The van der Waals surface area contributed by atoms with Gasteiger partial charge in [-0.25, -0.2) is 0 Å². The maximum atomic E-state index is 12.4. The molecule has 2 atom stereocenters. The van der Waals surface area contributed by atoms with E-state index in [0.29, 0.717) is 25.9 Å². The molecular weight excluding hydrogens is 683 g/mol. The monoisotopic (exact) mass is 776 g/mol. The van der Waals surface area contributed by atoms with Crippen molar-refractivity contribution in [2.24, 2.45) is 0 Å². The van der Waals surface area contributed by atoms with Crippen molar-refractivity contribution >= 4 is 11.9 Å². The van der Waals surface area contributed by atoms with Gasteiger partial charge < -0.3 is 20.3 Å². The molecule has 0 fully saturated rings. The van der Waals surface area contributed by atoms with E-state index in [0.717, 1.165) is 83.5 Å². The number of rotatable bonds is 44. The van der Waals surface area contributed by atoms with Gasteiger partial charge in [0.05, 0.1) is 25.4 Å². The topological polar surface area (TPSA) is 95.9 Å². The molecular formula is C49H93NO5. The Morgan fingerprint density at radius 1 is 0.491 bits per heavy atom. The van der Waals surface area contributed by atoms with E-state index < -0.39 is 12.1 Å². The van der Waals surface area contributed by atoms with Crippen LogP contribution in [0.1, 0.15) is 251 Å². The van der Waals surface area contributed by atoms with Gasteiger partial charge in [0, 0.05) is 12.8 Å². The van der Waals surface area contributed by atoms with E-state index in [9.17, 15) is 19.8 Å². The number of carbonyl (C=O) groups excluding carboxylic acids is 2. The summed E-state index contributed by atoms with van der Waals surface area (Å²) in [5.41, 5.74) is 0. The highest BCUT2D eigenvalue weighted by molar-refractivity contribution is 5.76. The van der Waals surface area contributed by atoms with Gasteiger partial charge in [0.15, 0.2) is 0 Å².